The molecular weight excluding hydrogens is 336 g/mol. The molecule has 0 saturated carbocycles. The van der Waals surface area contributed by atoms with Crippen molar-refractivity contribution >= 4 is 34.8 Å². The van der Waals surface area contributed by atoms with Gasteiger partial charge in [0.05, 0.1) is 5.69 Å². The Kier molecular flexibility index (Phi) is 5.74. The van der Waals surface area contributed by atoms with Gasteiger partial charge in [-0.15, -0.1) is 11.3 Å². The quantitative estimate of drug-likeness (QED) is 0.837. The zero-order chi connectivity index (χ0) is 17.0. The normalized spacial score (nSPS) is 11.8. The summed E-state index contributed by atoms with van der Waals surface area (Å²) in [6.07, 6.45) is -0.849. The van der Waals surface area contributed by atoms with E-state index in [4.69, 9.17) is 16.3 Å². The molecule has 0 aliphatic heterocycles. The molecule has 1 atom stereocenters. The van der Waals surface area contributed by atoms with Crippen molar-refractivity contribution in [2.75, 3.05) is 6.54 Å². The number of carbonyl (C=O) groups excluding carboxylic acids is 2. The van der Waals surface area contributed by atoms with E-state index in [-0.39, 0.29) is 5.91 Å². The fraction of sp³-hybridized carbons (Fsp3) is 0.312. The second kappa shape index (κ2) is 7.57. The van der Waals surface area contributed by atoms with Gasteiger partial charge in [-0.3, -0.25) is 4.79 Å². The molecule has 1 aromatic heterocycles. The number of thiazole rings is 1. The van der Waals surface area contributed by atoms with Crippen LogP contribution in [0.15, 0.2) is 24.3 Å². The lowest BCUT2D eigenvalue weighted by molar-refractivity contribution is -0.128. The number of hydrogen-bond donors (Lipinski definition) is 1. The highest BCUT2D eigenvalue weighted by molar-refractivity contribution is 7.17. The summed E-state index contributed by atoms with van der Waals surface area (Å²) in [5.41, 5.74) is 1.40. The van der Waals surface area contributed by atoms with Gasteiger partial charge in [0, 0.05) is 17.1 Å². The molecule has 2 aromatic rings. The van der Waals surface area contributed by atoms with Crippen LogP contribution in [0.5, 0.6) is 0 Å². The highest BCUT2D eigenvalue weighted by Crippen LogP contribution is 2.30. The molecule has 0 unspecified atom stereocenters. The Balaban J connectivity index is 2.17. The first-order valence-electron chi connectivity index (χ1n) is 7.14. The monoisotopic (exact) mass is 352 g/mol. The Morgan fingerprint density at radius 3 is 2.83 bits per heavy atom. The van der Waals surface area contributed by atoms with Gasteiger partial charge in [-0.1, -0.05) is 23.7 Å². The zero-order valence-electron chi connectivity index (χ0n) is 13.1. The summed E-state index contributed by atoms with van der Waals surface area (Å²) in [4.78, 5) is 28.7. The van der Waals surface area contributed by atoms with E-state index < -0.39 is 12.1 Å². The van der Waals surface area contributed by atoms with Gasteiger partial charge in [0.2, 0.25) is 0 Å². The molecular formula is C16H17ClN2O3S. The number of ether oxygens (including phenoxy) is 1. The van der Waals surface area contributed by atoms with Crippen molar-refractivity contribution in [3.8, 4) is 10.6 Å². The summed E-state index contributed by atoms with van der Waals surface area (Å²) in [5, 5.41) is 3.90. The van der Waals surface area contributed by atoms with Gasteiger partial charge in [-0.05, 0) is 32.9 Å². The van der Waals surface area contributed by atoms with Crippen LogP contribution in [0.25, 0.3) is 10.6 Å². The van der Waals surface area contributed by atoms with Crippen molar-refractivity contribution in [3.05, 3.63) is 39.9 Å². The van der Waals surface area contributed by atoms with Crippen LogP contribution in [0.4, 0.5) is 0 Å². The maximum atomic E-state index is 12.2. The third kappa shape index (κ3) is 4.30. The molecule has 1 amide bonds. The van der Waals surface area contributed by atoms with Crippen LogP contribution in [0, 0.1) is 6.92 Å². The summed E-state index contributed by atoms with van der Waals surface area (Å²) in [7, 11) is 0. The van der Waals surface area contributed by atoms with E-state index in [1.54, 1.807) is 26.0 Å². The molecule has 0 aliphatic carbocycles. The number of nitrogens with one attached hydrogen (secondary N) is 1. The number of amides is 1. The fourth-order valence-electron chi connectivity index (χ4n) is 1.92. The Morgan fingerprint density at radius 2 is 2.17 bits per heavy atom. The smallest absolute Gasteiger partial charge is 0.351 e. The van der Waals surface area contributed by atoms with E-state index in [0.29, 0.717) is 27.1 Å². The summed E-state index contributed by atoms with van der Waals surface area (Å²) in [6, 6.07) is 7.25. The third-order valence-corrected chi connectivity index (χ3v) is 4.48. The van der Waals surface area contributed by atoms with Gasteiger partial charge in [0.15, 0.2) is 6.10 Å². The van der Waals surface area contributed by atoms with E-state index in [1.807, 2.05) is 12.1 Å². The van der Waals surface area contributed by atoms with Gasteiger partial charge < -0.3 is 10.1 Å². The molecule has 0 aliphatic rings. The first kappa shape index (κ1) is 17.4. The summed E-state index contributed by atoms with van der Waals surface area (Å²) in [6.45, 7) is 5.56. The lowest BCUT2D eigenvalue weighted by Crippen LogP contribution is -2.35. The molecule has 1 heterocycles. The molecule has 0 bridgehead atoms. The first-order chi connectivity index (χ1) is 10.9. The zero-order valence-corrected chi connectivity index (χ0v) is 14.6. The second-order valence-corrected chi connectivity index (χ2v) is 6.32. The van der Waals surface area contributed by atoms with E-state index >= 15 is 0 Å². The van der Waals surface area contributed by atoms with E-state index in [1.165, 1.54) is 18.3 Å². The molecule has 23 heavy (non-hydrogen) atoms. The van der Waals surface area contributed by atoms with Crippen LogP contribution in [0.2, 0.25) is 5.02 Å². The number of halogens is 1. The number of carbonyl (C=O) groups is 2. The third-order valence-electron chi connectivity index (χ3n) is 3.06. The van der Waals surface area contributed by atoms with E-state index in [0.717, 1.165) is 5.56 Å². The van der Waals surface area contributed by atoms with Crippen molar-refractivity contribution < 1.29 is 14.3 Å². The standard InChI is InChI=1S/C16H17ClN2O3S/c1-4-18-14(20)10(3)22-16(21)13-9(2)19-15(23-13)11-6-5-7-12(17)8-11/h5-8,10H,4H2,1-3H3,(H,18,20)/t10-/m0/s1. The van der Waals surface area contributed by atoms with Crippen molar-refractivity contribution in [1.82, 2.24) is 10.3 Å². The molecule has 1 aromatic carbocycles. The van der Waals surface area contributed by atoms with Gasteiger partial charge in [-0.25, -0.2) is 9.78 Å². The predicted molar refractivity (Wildman–Crippen MR) is 90.9 cm³/mol. The Hall–Kier alpha value is -1.92. The van der Waals surface area contributed by atoms with Gasteiger partial charge in [0.25, 0.3) is 5.91 Å². The molecule has 5 nitrogen and oxygen atoms in total. The number of benzene rings is 1. The number of nitrogens with zero attached hydrogens (tertiary/aromatic N) is 1. The van der Waals surface area contributed by atoms with E-state index in [2.05, 4.69) is 10.3 Å². The highest BCUT2D eigenvalue weighted by Gasteiger charge is 2.22. The average molecular weight is 353 g/mol. The predicted octanol–water partition coefficient (Wildman–Crippen LogP) is 3.45. The molecule has 2 rings (SSSR count). The molecule has 0 radical (unpaired) electrons. The van der Waals surface area contributed by atoms with Crippen LogP contribution in [-0.4, -0.2) is 29.5 Å². The number of rotatable bonds is 5. The van der Waals surface area contributed by atoms with Crippen LogP contribution in [-0.2, 0) is 9.53 Å². The Bertz CT molecular complexity index is 730. The SMILES string of the molecule is CCNC(=O)[C@H](C)OC(=O)c1sc(-c2cccc(Cl)c2)nc1C. The summed E-state index contributed by atoms with van der Waals surface area (Å²) in [5.74, 6) is -0.870. The number of hydrogen-bond acceptors (Lipinski definition) is 5. The van der Waals surface area contributed by atoms with Gasteiger partial charge >= 0.3 is 5.97 Å². The maximum Gasteiger partial charge on any atom is 0.351 e. The number of likely N-dealkylation sites (N-methyl/N-ethyl adjacent to an activating group) is 1. The average Bonchev–Trinajstić information content (AvgIpc) is 2.89. The van der Waals surface area contributed by atoms with Crippen LogP contribution in [0.3, 0.4) is 0 Å². The molecule has 7 heteroatoms. The number of aryl methyl sites for hydroxylation is 1. The molecule has 0 fully saturated rings. The van der Waals surface area contributed by atoms with Gasteiger partial charge in [0.1, 0.15) is 9.88 Å². The van der Waals surface area contributed by atoms with Crippen molar-refractivity contribution in [3.63, 3.8) is 0 Å². The minimum absolute atomic E-state index is 0.321. The van der Waals surface area contributed by atoms with Crippen LogP contribution >= 0.6 is 22.9 Å². The Labute approximate surface area is 143 Å². The van der Waals surface area contributed by atoms with Gasteiger partial charge in [-0.2, -0.15) is 0 Å². The molecule has 122 valence electrons. The Morgan fingerprint density at radius 1 is 1.43 bits per heavy atom. The minimum atomic E-state index is -0.849. The molecule has 0 spiro atoms. The van der Waals surface area contributed by atoms with Crippen LogP contribution in [0.1, 0.15) is 29.2 Å². The van der Waals surface area contributed by atoms with Crippen LogP contribution < -0.4 is 5.32 Å². The highest BCUT2D eigenvalue weighted by atomic mass is 35.5. The molecule has 1 N–H and O–H groups in total. The number of aromatic nitrogens is 1. The fourth-order valence-corrected chi connectivity index (χ4v) is 3.05. The minimum Gasteiger partial charge on any atom is -0.448 e. The maximum absolute atomic E-state index is 12.2. The summed E-state index contributed by atoms with van der Waals surface area (Å²) < 4.78 is 5.20. The number of esters is 1. The topological polar surface area (TPSA) is 68.3 Å². The van der Waals surface area contributed by atoms with Crippen molar-refractivity contribution in [2.45, 2.75) is 26.9 Å². The second-order valence-electron chi connectivity index (χ2n) is 4.89. The van der Waals surface area contributed by atoms with Crippen molar-refractivity contribution in [1.29, 1.82) is 0 Å². The first-order valence-corrected chi connectivity index (χ1v) is 8.34. The lowest BCUT2D eigenvalue weighted by atomic mass is 10.2. The summed E-state index contributed by atoms with van der Waals surface area (Å²) >= 11 is 7.20. The van der Waals surface area contributed by atoms with E-state index in [9.17, 15) is 9.59 Å². The molecule has 0 saturated heterocycles. The lowest BCUT2D eigenvalue weighted by Gasteiger charge is -2.11. The van der Waals surface area contributed by atoms with Crippen molar-refractivity contribution in [2.24, 2.45) is 0 Å². The largest absolute Gasteiger partial charge is 0.448 e.